The Labute approximate surface area is 71.7 Å². The molecule has 6 nitrogen and oxygen atoms in total. The Bertz CT molecular complexity index is 315. The predicted octanol–water partition coefficient (Wildman–Crippen LogP) is -1.36. The van der Waals surface area contributed by atoms with Crippen LogP contribution >= 0.6 is 0 Å². The smallest absolute Gasteiger partial charge is 0.229 e. The first kappa shape index (κ1) is 11.8. The third-order valence-electron chi connectivity index (χ3n) is 1.06. The van der Waals surface area contributed by atoms with Crippen molar-refractivity contribution in [3.05, 3.63) is 0 Å². The van der Waals surface area contributed by atoms with Crippen molar-refractivity contribution in [3.63, 3.8) is 0 Å². The first-order valence-electron chi connectivity index (χ1n) is 3.05. The Kier molecular flexibility index (Phi) is 4.11. The van der Waals surface area contributed by atoms with E-state index in [-0.39, 0.29) is 17.9 Å². The second kappa shape index (κ2) is 4.17. The van der Waals surface area contributed by atoms with Gasteiger partial charge in [-0.1, -0.05) is 0 Å². The topological polar surface area (TPSA) is 104 Å². The molecule has 0 atom stereocenters. The molecule has 2 N–H and O–H groups in total. The van der Waals surface area contributed by atoms with E-state index in [1.54, 1.807) is 0 Å². The van der Waals surface area contributed by atoms with Gasteiger partial charge in [-0.05, 0) is 6.42 Å². The van der Waals surface area contributed by atoms with Crippen LogP contribution in [0.2, 0.25) is 0 Å². The van der Waals surface area contributed by atoms with E-state index in [1.165, 1.54) is 0 Å². The Morgan fingerprint density at radius 3 is 2.00 bits per heavy atom. The highest BCUT2D eigenvalue weighted by Gasteiger charge is 2.11. The van der Waals surface area contributed by atoms with Gasteiger partial charge in [0.2, 0.25) is 0 Å². The molecule has 0 radical (unpaired) electrons. The number of sulfone groups is 1. The SMILES string of the molecule is CS(=O)(=O)CCCS(=O)(=O)ON. The molecular formula is C4H11NO5S2. The molecule has 0 aliphatic heterocycles. The number of hydrogen-bond donors (Lipinski definition) is 1. The van der Waals surface area contributed by atoms with Crippen molar-refractivity contribution in [1.29, 1.82) is 0 Å². The summed E-state index contributed by atoms with van der Waals surface area (Å²) in [7, 11) is -6.84. The molecule has 0 aromatic heterocycles. The van der Waals surface area contributed by atoms with E-state index >= 15 is 0 Å². The summed E-state index contributed by atoms with van der Waals surface area (Å²) in [6, 6.07) is 0. The first-order valence-corrected chi connectivity index (χ1v) is 6.69. The molecular weight excluding hydrogens is 206 g/mol. The summed E-state index contributed by atoms with van der Waals surface area (Å²) in [5.41, 5.74) is 0. The minimum atomic E-state index is -3.73. The van der Waals surface area contributed by atoms with Crippen molar-refractivity contribution in [2.45, 2.75) is 6.42 Å². The summed E-state index contributed by atoms with van der Waals surface area (Å²) in [6.07, 6.45) is 1.03. The second-order valence-electron chi connectivity index (χ2n) is 2.34. The van der Waals surface area contributed by atoms with Gasteiger partial charge in [-0.3, -0.25) is 0 Å². The molecule has 12 heavy (non-hydrogen) atoms. The molecule has 0 aliphatic rings. The molecule has 0 rings (SSSR count). The molecule has 74 valence electrons. The van der Waals surface area contributed by atoms with Crippen molar-refractivity contribution in [3.8, 4) is 0 Å². The summed E-state index contributed by atoms with van der Waals surface area (Å²) >= 11 is 0. The minimum Gasteiger partial charge on any atom is -0.229 e. The second-order valence-corrected chi connectivity index (χ2v) is 6.32. The largest absolute Gasteiger partial charge is 0.283 e. The molecule has 0 amide bonds. The van der Waals surface area contributed by atoms with Crippen molar-refractivity contribution >= 4 is 20.0 Å². The highest BCUT2D eigenvalue weighted by molar-refractivity contribution is 7.90. The maximum absolute atomic E-state index is 10.5. The van der Waals surface area contributed by atoms with Crippen LogP contribution in [0.3, 0.4) is 0 Å². The molecule has 0 unspecified atom stereocenters. The molecule has 0 aromatic carbocycles. The average molecular weight is 217 g/mol. The zero-order valence-electron chi connectivity index (χ0n) is 6.56. The summed E-state index contributed by atoms with van der Waals surface area (Å²) in [6.45, 7) is 0. The van der Waals surface area contributed by atoms with E-state index in [0.29, 0.717) is 0 Å². The standard InChI is InChI=1S/C4H11NO5S2/c1-11(6,7)3-2-4-12(8,9)10-5/h2-5H2,1H3. The normalized spacial score (nSPS) is 13.2. The van der Waals surface area contributed by atoms with Gasteiger partial charge in [-0.2, -0.15) is 18.6 Å². The van der Waals surface area contributed by atoms with E-state index in [0.717, 1.165) is 6.26 Å². The van der Waals surface area contributed by atoms with Gasteiger partial charge in [0.1, 0.15) is 9.84 Å². The van der Waals surface area contributed by atoms with Gasteiger partial charge in [0.05, 0.1) is 11.5 Å². The third-order valence-corrected chi connectivity index (χ3v) is 3.17. The molecule has 0 bridgehead atoms. The van der Waals surface area contributed by atoms with Crippen LogP contribution in [0.5, 0.6) is 0 Å². The number of nitrogens with two attached hydrogens (primary N) is 1. The average Bonchev–Trinajstić information content (AvgIpc) is 1.84. The minimum absolute atomic E-state index is 0.00162. The van der Waals surface area contributed by atoms with Crippen molar-refractivity contribution in [2.24, 2.45) is 5.90 Å². The molecule has 0 saturated carbocycles. The van der Waals surface area contributed by atoms with Crippen LogP contribution in [0, 0.1) is 0 Å². The van der Waals surface area contributed by atoms with Gasteiger partial charge in [-0.25, -0.2) is 8.42 Å². The van der Waals surface area contributed by atoms with Gasteiger partial charge in [-0.15, -0.1) is 0 Å². The third kappa shape index (κ3) is 6.53. The van der Waals surface area contributed by atoms with E-state index in [2.05, 4.69) is 10.2 Å². The van der Waals surface area contributed by atoms with Crippen LogP contribution in [-0.2, 0) is 24.2 Å². The van der Waals surface area contributed by atoms with Crippen LogP contribution in [-0.4, -0.2) is 34.6 Å². The highest BCUT2D eigenvalue weighted by atomic mass is 32.2. The molecule has 0 saturated heterocycles. The van der Waals surface area contributed by atoms with E-state index in [4.69, 9.17) is 0 Å². The zero-order valence-corrected chi connectivity index (χ0v) is 8.19. The molecule has 0 aliphatic carbocycles. The summed E-state index contributed by atoms with van der Waals surface area (Å²) in [4.78, 5) is 0. The van der Waals surface area contributed by atoms with Crippen LogP contribution in [0.4, 0.5) is 0 Å². The molecule has 0 fully saturated rings. The number of hydrogen-bond acceptors (Lipinski definition) is 6. The van der Waals surface area contributed by atoms with Crippen LogP contribution < -0.4 is 5.90 Å². The Balaban J connectivity index is 3.89. The summed E-state index contributed by atoms with van der Waals surface area (Å²) < 4.78 is 45.8. The lowest BCUT2D eigenvalue weighted by atomic mass is 10.6. The first-order chi connectivity index (χ1) is 5.27. The van der Waals surface area contributed by atoms with E-state index in [1.807, 2.05) is 0 Å². The summed E-state index contributed by atoms with van der Waals surface area (Å²) in [5.74, 6) is 3.86. The predicted molar refractivity (Wildman–Crippen MR) is 43.4 cm³/mol. The van der Waals surface area contributed by atoms with Gasteiger partial charge in [0.15, 0.2) is 0 Å². The van der Waals surface area contributed by atoms with Crippen LogP contribution in [0.15, 0.2) is 0 Å². The summed E-state index contributed by atoms with van der Waals surface area (Å²) in [5, 5.41) is 0. The Morgan fingerprint density at radius 2 is 1.67 bits per heavy atom. The lowest BCUT2D eigenvalue weighted by molar-refractivity contribution is 0.332. The lowest BCUT2D eigenvalue weighted by Gasteiger charge is -1.98. The van der Waals surface area contributed by atoms with Gasteiger partial charge >= 0.3 is 0 Å². The van der Waals surface area contributed by atoms with Crippen molar-refractivity contribution < 1.29 is 21.1 Å². The fraction of sp³-hybridized carbons (Fsp3) is 1.00. The van der Waals surface area contributed by atoms with Crippen molar-refractivity contribution in [1.82, 2.24) is 0 Å². The van der Waals surface area contributed by atoms with Crippen LogP contribution in [0.25, 0.3) is 0 Å². The van der Waals surface area contributed by atoms with Gasteiger partial charge in [0.25, 0.3) is 10.1 Å². The number of rotatable bonds is 5. The quantitative estimate of drug-likeness (QED) is 0.570. The maximum atomic E-state index is 10.5. The van der Waals surface area contributed by atoms with Crippen molar-refractivity contribution in [2.75, 3.05) is 17.8 Å². The van der Waals surface area contributed by atoms with Gasteiger partial charge < -0.3 is 0 Å². The van der Waals surface area contributed by atoms with E-state index < -0.39 is 20.0 Å². The zero-order chi connectivity index (χ0) is 9.83. The molecule has 0 heterocycles. The fourth-order valence-corrected chi connectivity index (χ4v) is 1.99. The lowest BCUT2D eigenvalue weighted by Crippen LogP contribution is -2.17. The molecule has 0 aromatic rings. The molecule has 8 heteroatoms. The maximum Gasteiger partial charge on any atom is 0.283 e. The van der Waals surface area contributed by atoms with Crippen LogP contribution in [0.1, 0.15) is 6.42 Å². The highest BCUT2D eigenvalue weighted by Crippen LogP contribution is 1.95. The Hall–Kier alpha value is -0.180. The monoisotopic (exact) mass is 217 g/mol. The Morgan fingerprint density at radius 1 is 1.17 bits per heavy atom. The molecule has 0 spiro atoms. The van der Waals surface area contributed by atoms with Gasteiger partial charge in [0, 0.05) is 6.26 Å². The fourth-order valence-electron chi connectivity index (χ4n) is 0.546. The van der Waals surface area contributed by atoms with E-state index in [9.17, 15) is 16.8 Å².